The number of hydrogen-bond acceptors (Lipinski definition) is 2. The van der Waals surface area contributed by atoms with Crippen molar-refractivity contribution in [3.63, 3.8) is 0 Å². The van der Waals surface area contributed by atoms with Crippen LogP contribution in [0.1, 0.15) is 168 Å². The first kappa shape index (κ1) is 32.4. The van der Waals surface area contributed by atoms with Crippen LogP contribution in [0, 0.1) is 0 Å². The zero-order valence-corrected chi connectivity index (χ0v) is 23.1. The zero-order valence-electron chi connectivity index (χ0n) is 23.1. The van der Waals surface area contributed by atoms with Gasteiger partial charge < -0.3 is 5.11 Å². The Labute approximate surface area is 208 Å². The fourth-order valence-electron chi connectivity index (χ4n) is 4.89. The Kier molecular flexibility index (Phi) is 25.6. The van der Waals surface area contributed by atoms with Gasteiger partial charge in [0.25, 0.3) is 0 Å². The largest absolute Gasteiger partial charge is 0.480 e. The lowest BCUT2D eigenvalue weighted by Gasteiger charge is -2.29. The van der Waals surface area contributed by atoms with E-state index in [1.165, 1.54) is 116 Å². The van der Waals surface area contributed by atoms with Crippen molar-refractivity contribution >= 4 is 5.97 Å². The van der Waals surface area contributed by atoms with Crippen molar-refractivity contribution in [2.75, 3.05) is 13.1 Å². The van der Waals surface area contributed by atoms with Crippen molar-refractivity contribution in [2.45, 2.75) is 174 Å². The predicted octanol–water partition coefficient (Wildman–Crippen LogP) is 9.77. The molecule has 1 atom stereocenters. The van der Waals surface area contributed by atoms with Crippen molar-refractivity contribution < 1.29 is 9.90 Å². The lowest BCUT2D eigenvalue weighted by Crippen LogP contribution is -2.42. The van der Waals surface area contributed by atoms with Crippen LogP contribution >= 0.6 is 0 Å². The standard InChI is InChI=1S/C30H61NO2/c1-4-7-10-12-14-16-18-20-22-24-27-31(29(30(32)33)26-9-6-3)28-25-23-21-19-17-15-13-11-8-5-2/h29H,4-28H2,1-3H3,(H,32,33). The lowest BCUT2D eigenvalue weighted by atomic mass is 10.0. The molecule has 0 aromatic carbocycles. The maximum atomic E-state index is 12.0. The van der Waals surface area contributed by atoms with E-state index in [9.17, 15) is 9.90 Å². The summed E-state index contributed by atoms with van der Waals surface area (Å²) < 4.78 is 0. The molecule has 0 aliphatic carbocycles. The second-order valence-corrected chi connectivity index (χ2v) is 10.4. The van der Waals surface area contributed by atoms with Gasteiger partial charge in [-0.15, -0.1) is 0 Å². The highest BCUT2D eigenvalue weighted by Gasteiger charge is 2.24. The fraction of sp³-hybridized carbons (Fsp3) is 0.967. The maximum absolute atomic E-state index is 12.0. The monoisotopic (exact) mass is 467 g/mol. The van der Waals surface area contributed by atoms with Gasteiger partial charge >= 0.3 is 5.97 Å². The molecule has 0 aromatic heterocycles. The summed E-state index contributed by atoms with van der Waals surface area (Å²) in [4.78, 5) is 14.3. The average molecular weight is 468 g/mol. The first-order chi connectivity index (χ1) is 16.2. The minimum absolute atomic E-state index is 0.276. The summed E-state index contributed by atoms with van der Waals surface area (Å²) in [5.41, 5.74) is 0. The van der Waals surface area contributed by atoms with E-state index < -0.39 is 5.97 Å². The van der Waals surface area contributed by atoms with Gasteiger partial charge in [0.15, 0.2) is 0 Å². The van der Waals surface area contributed by atoms with Crippen molar-refractivity contribution in [3.05, 3.63) is 0 Å². The number of carboxylic acid groups (broad SMARTS) is 1. The number of unbranched alkanes of at least 4 members (excludes halogenated alkanes) is 19. The van der Waals surface area contributed by atoms with Crippen LogP contribution in [0.25, 0.3) is 0 Å². The second-order valence-electron chi connectivity index (χ2n) is 10.4. The van der Waals surface area contributed by atoms with E-state index in [1.807, 2.05) is 0 Å². The van der Waals surface area contributed by atoms with Crippen LogP contribution in [0.2, 0.25) is 0 Å². The number of nitrogens with zero attached hydrogens (tertiary/aromatic N) is 1. The molecular formula is C30H61NO2. The van der Waals surface area contributed by atoms with Crippen LogP contribution in [0.15, 0.2) is 0 Å². The van der Waals surface area contributed by atoms with Crippen LogP contribution in [0.3, 0.4) is 0 Å². The van der Waals surface area contributed by atoms with Gasteiger partial charge in [0.2, 0.25) is 0 Å². The molecule has 0 bridgehead atoms. The molecule has 0 radical (unpaired) electrons. The van der Waals surface area contributed by atoms with E-state index in [1.54, 1.807) is 0 Å². The van der Waals surface area contributed by atoms with Crippen LogP contribution in [0.5, 0.6) is 0 Å². The number of aliphatic carboxylic acids is 1. The average Bonchev–Trinajstić information content (AvgIpc) is 2.80. The molecule has 33 heavy (non-hydrogen) atoms. The molecule has 0 heterocycles. The molecule has 3 heteroatoms. The van der Waals surface area contributed by atoms with Gasteiger partial charge in [0.1, 0.15) is 6.04 Å². The Bertz CT molecular complexity index is 375. The van der Waals surface area contributed by atoms with E-state index in [0.29, 0.717) is 0 Å². The van der Waals surface area contributed by atoms with Gasteiger partial charge in [-0.1, -0.05) is 149 Å². The first-order valence-electron chi connectivity index (χ1n) is 15.1. The highest BCUT2D eigenvalue weighted by molar-refractivity contribution is 5.73. The topological polar surface area (TPSA) is 40.5 Å². The number of hydrogen-bond donors (Lipinski definition) is 1. The van der Waals surface area contributed by atoms with Gasteiger partial charge in [-0.2, -0.15) is 0 Å². The molecule has 1 unspecified atom stereocenters. The Balaban J connectivity index is 4.10. The molecule has 0 saturated carbocycles. The molecule has 1 N–H and O–H groups in total. The Hall–Kier alpha value is -0.570. The molecule has 0 aliphatic heterocycles. The predicted molar refractivity (Wildman–Crippen MR) is 146 cm³/mol. The van der Waals surface area contributed by atoms with Crippen molar-refractivity contribution in [3.8, 4) is 0 Å². The van der Waals surface area contributed by atoms with Gasteiger partial charge in [0.05, 0.1) is 0 Å². The van der Waals surface area contributed by atoms with Crippen LogP contribution < -0.4 is 0 Å². The maximum Gasteiger partial charge on any atom is 0.320 e. The number of carbonyl (C=O) groups is 1. The third-order valence-electron chi connectivity index (χ3n) is 7.15. The molecule has 0 amide bonds. The molecule has 0 aromatic rings. The van der Waals surface area contributed by atoms with Crippen LogP contribution in [0.4, 0.5) is 0 Å². The lowest BCUT2D eigenvalue weighted by molar-refractivity contribution is -0.143. The molecule has 0 fully saturated rings. The quantitative estimate of drug-likeness (QED) is 0.122. The normalized spacial score (nSPS) is 12.5. The van der Waals surface area contributed by atoms with Gasteiger partial charge in [-0.05, 0) is 32.4 Å². The number of carboxylic acids is 1. The van der Waals surface area contributed by atoms with Gasteiger partial charge in [-0.25, -0.2) is 0 Å². The highest BCUT2D eigenvalue weighted by atomic mass is 16.4. The summed E-state index contributed by atoms with van der Waals surface area (Å²) in [5.74, 6) is -0.609. The van der Waals surface area contributed by atoms with E-state index in [-0.39, 0.29) is 6.04 Å². The summed E-state index contributed by atoms with van der Waals surface area (Å²) in [6, 6.07) is -0.276. The van der Waals surface area contributed by atoms with E-state index in [0.717, 1.165) is 45.2 Å². The zero-order chi connectivity index (χ0) is 24.4. The fourth-order valence-corrected chi connectivity index (χ4v) is 4.89. The smallest absolute Gasteiger partial charge is 0.320 e. The third-order valence-corrected chi connectivity index (χ3v) is 7.15. The highest BCUT2D eigenvalue weighted by Crippen LogP contribution is 2.16. The molecule has 0 aliphatic rings. The molecule has 198 valence electrons. The van der Waals surface area contributed by atoms with Crippen molar-refractivity contribution in [1.29, 1.82) is 0 Å². The summed E-state index contributed by atoms with van der Waals surface area (Å²) in [6.07, 6.45) is 29.6. The first-order valence-corrected chi connectivity index (χ1v) is 15.1. The van der Waals surface area contributed by atoms with E-state index >= 15 is 0 Å². The van der Waals surface area contributed by atoms with Crippen molar-refractivity contribution in [2.24, 2.45) is 0 Å². The Morgan fingerprint density at radius 2 is 0.818 bits per heavy atom. The third kappa shape index (κ3) is 21.7. The minimum Gasteiger partial charge on any atom is -0.480 e. The Morgan fingerprint density at radius 1 is 0.515 bits per heavy atom. The molecule has 0 spiro atoms. The molecule has 3 nitrogen and oxygen atoms in total. The van der Waals surface area contributed by atoms with Crippen molar-refractivity contribution in [1.82, 2.24) is 4.90 Å². The summed E-state index contributed by atoms with van der Waals surface area (Å²) >= 11 is 0. The van der Waals surface area contributed by atoms with Gasteiger partial charge in [0, 0.05) is 0 Å². The number of rotatable bonds is 27. The summed E-state index contributed by atoms with van der Waals surface area (Å²) in [6.45, 7) is 8.64. The van der Waals surface area contributed by atoms with E-state index in [4.69, 9.17) is 0 Å². The molecule has 0 rings (SSSR count). The van der Waals surface area contributed by atoms with Crippen LogP contribution in [-0.2, 0) is 4.79 Å². The Morgan fingerprint density at radius 3 is 1.12 bits per heavy atom. The minimum atomic E-state index is -0.609. The molecule has 0 saturated heterocycles. The molecular weight excluding hydrogens is 406 g/mol. The second kappa shape index (κ2) is 26.0. The van der Waals surface area contributed by atoms with E-state index in [2.05, 4.69) is 25.7 Å². The van der Waals surface area contributed by atoms with Crippen LogP contribution in [-0.4, -0.2) is 35.1 Å². The summed E-state index contributed by atoms with van der Waals surface area (Å²) in [5, 5.41) is 9.85. The van der Waals surface area contributed by atoms with Gasteiger partial charge in [-0.3, -0.25) is 9.69 Å². The SMILES string of the molecule is CCCCCCCCCCCCN(CCCCCCCCCCCC)C(CCCC)C(=O)O. The summed E-state index contributed by atoms with van der Waals surface area (Å²) in [7, 11) is 0.